The average Bonchev–Trinajstić information content (AvgIpc) is 3.04. The maximum absolute atomic E-state index is 13.3. The van der Waals surface area contributed by atoms with Gasteiger partial charge < -0.3 is 9.42 Å². The molecule has 0 radical (unpaired) electrons. The van der Waals surface area contributed by atoms with Crippen molar-refractivity contribution in [1.82, 2.24) is 15.0 Å². The van der Waals surface area contributed by atoms with Crippen LogP contribution in [0.2, 0.25) is 0 Å². The lowest BCUT2D eigenvalue weighted by Gasteiger charge is -2.30. The number of nitrogens with zero attached hydrogens (tertiary/aromatic N) is 3. The molecule has 22 heavy (non-hydrogen) atoms. The Labute approximate surface area is 127 Å². The fourth-order valence-electron chi connectivity index (χ4n) is 2.65. The van der Waals surface area contributed by atoms with Gasteiger partial charge in [-0.1, -0.05) is 23.9 Å². The van der Waals surface area contributed by atoms with E-state index in [2.05, 4.69) is 16.7 Å². The zero-order valence-electron chi connectivity index (χ0n) is 12.0. The Bertz CT molecular complexity index is 698. The molecule has 2 heterocycles. The summed E-state index contributed by atoms with van der Waals surface area (Å²) in [5, 5.41) is 3.92. The minimum absolute atomic E-state index is 0.00691. The molecule has 1 aliphatic heterocycles. The Kier molecular flexibility index (Phi) is 4.00. The molecule has 1 saturated heterocycles. The number of hydrogen-bond acceptors (Lipinski definition) is 4. The lowest BCUT2D eigenvalue weighted by molar-refractivity contribution is -0.127. The maximum Gasteiger partial charge on any atom is 0.245 e. The van der Waals surface area contributed by atoms with Crippen LogP contribution < -0.4 is 0 Å². The summed E-state index contributed by atoms with van der Waals surface area (Å²) in [5.74, 6) is 0.425. The smallest absolute Gasteiger partial charge is 0.245 e. The number of piperidine rings is 1. The second kappa shape index (κ2) is 6.09. The number of carbonyl (C=O) groups is 1. The van der Waals surface area contributed by atoms with Crippen molar-refractivity contribution in [2.45, 2.75) is 18.8 Å². The summed E-state index contributed by atoms with van der Waals surface area (Å²) in [7, 11) is 0. The third-order valence-corrected chi connectivity index (χ3v) is 3.78. The monoisotopic (exact) mass is 301 g/mol. The van der Waals surface area contributed by atoms with Gasteiger partial charge in [-0.05, 0) is 31.1 Å². The van der Waals surface area contributed by atoms with Gasteiger partial charge >= 0.3 is 0 Å². The topological polar surface area (TPSA) is 59.2 Å². The Balaban J connectivity index is 1.78. The van der Waals surface area contributed by atoms with Crippen LogP contribution in [0.1, 0.15) is 24.7 Å². The van der Waals surface area contributed by atoms with Gasteiger partial charge in [-0.2, -0.15) is 4.98 Å². The maximum atomic E-state index is 13.3. The van der Waals surface area contributed by atoms with E-state index in [-0.39, 0.29) is 17.6 Å². The highest BCUT2D eigenvalue weighted by Gasteiger charge is 2.27. The molecule has 0 spiro atoms. The second-order valence-electron chi connectivity index (χ2n) is 5.29. The van der Waals surface area contributed by atoms with Gasteiger partial charge in [0.2, 0.25) is 17.6 Å². The largest absolute Gasteiger partial charge is 0.339 e. The number of aromatic nitrogens is 2. The first kappa shape index (κ1) is 14.4. The van der Waals surface area contributed by atoms with Crippen molar-refractivity contribution in [3.63, 3.8) is 0 Å². The Morgan fingerprint density at radius 1 is 1.50 bits per heavy atom. The van der Waals surface area contributed by atoms with Crippen LogP contribution in [0.4, 0.5) is 4.39 Å². The first-order valence-electron chi connectivity index (χ1n) is 7.18. The van der Waals surface area contributed by atoms with Crippen LogP contribution in [-0.2, 0) is 4.79 Å². The predicted molar refractivity (Wildman–Crippen MR) is 78.4 cm³/mol. The van der Waals surface area contributed by atoms with Crippen LogP contribution in [-0.4, -0.2) is 34.0 Å². The highest BCUT2D eigenvalue weighted by Crippen LogP contribution is 2.27. The Morgan fingerprint density at radius 2 is 2.36 bits per heavy atom. The van der Waals surface area contributed by atoms with Crippen LogP contribution in [0.3, 0.4) is 0 Å². The molecule has 1 amide bonds. The Morgan fingerprint density at radius 3 is 3.14 bits per heavy atom. The van der Waals surface area contributed by atoms with E-state index in [9.17, 15) is 9.18 Å². The summed E-state index contributed by atoms with van der Waals surface area (Å²) < 4.78 is 18.6. The summed E-state index contributed by atoms with van der Waals surface area (Å²) in [6.45, 7) is 4.76. The minimum Gasteiger partial charge on any atom is -0.339 e. The van der Waals surface area contributed by atoms with E-state index >= 15 is 0 Å². The molecule has 0 N–H and O–H groups in total. The van der Waals surface area contributed by atoms with E-state index in [0.717, 1.165) is 12.8 Å². The number of amides is 1. The number of carbonyl (C=O) groups excluding carboxylic acids is 1. The van der Waals surface area contributed by atoms with Crippen molar-refractivity contribution in [2.24, 2.45) is 0 Å². The molecule has 3 rings (SSSR count). The number of hydrogen-bond donors (Lipinski definition) is 0. The van der Waals surface area contributed by atoms with Gasteiger partial charge in [0.1, 0.15) is 5.82 Å². The van der Waals surface area contributed by atoms with Gasteiger partial charge in [0.15, 0.2) is 0 Å². The van der Waals surface area contributed by atoms with E-state index in [1.165, 1.54) is 18.2 Å². The van der Waals surface area contributed by atoms with E-state index < -0.39 is 0 Å². The van der Waals surface area contributed by atoms with Crippen LogP contribution in [0, 0.1) is 5.82 Å². The number of halogens is 1. The molecule has 0 saturated carbocycles. The van der Waals surface area contributed by atoms with E-state index in [1.807, 2.05) is 0 Å². The summed E-state index contributed by atoms with van der Waals surface area (Å²) in [6.07, 6.45) is 3.07. The van der Waals surface area contributed by atoms with Crippen LogP contribution in [0.5, 0.6) is 0 Å². The molecule has 5 nitrogen and oxygen atoms in total. The molecular formula is C16H16FN3O2. The molecule has 0 aliphatic carbocycles. The first-order valence-corrected chi connectivity index (χ1v) is 7.18. The normalized spacial score (nSPS) is 18.2. The first-order chi connectivity index (χ1) is 10.7. The molecule has 6 heteroatoms. The third-order valence-electron chi connectivity index (χ3n) is 3.78. The molecule has 0 unspecified atom stereocenters. The van der Waals surface area contributed by atoms with Crippen molar-refractivity contribution >= 4 is 5.91 Å². The van der Waals surface area contributed by atoms with E-state index in [4.69, 9.17) is 4.52 Å². The lowest BCUT2D eigenvalue weighted by atomic mass is 9.98. The summed E-state index contributed by atoms with van der Waals surface area (Å²) in [6, 6.07) is 6.06. The molecule has 1 aromatic carbocycles. The average molecular weight is 301 g/mol. The fraction of sp³-hybridized carbons (Fsp3) is 0.312. The zero-order chi connectivity index (χ0) is 15.5. The number of rotatable bonds is 3. The van der Waals surface area contributed by atoms with Crippen molar-refractivity contribution in [3.05, 3.63) is 48.6 Å². The predicted octanol–water partition coefficient (Wildman–Crippen LogP) is 2.77. The summed E-state index contributed by atoms with van der Waals surface area (Å²) in [4.78, 5) is 17.8. The molecule has 114 valence electrons. The number of benzene rings is 1. The molecular weight excluding hydrogens is 285 g/mol. The van der Waals surface area contributed by atoms with Crippen molar-refractivity contribution in [1.29, 1.82) is 0 Å². The lowest BCUT2D eigenvalue weighted by Crippen LogP contribution is -2.38. The van der Waals surface area contributed by atoms with Gasteiger partial charge in [0.05, 0.1) is 5.92 Å². The van der Waals surface area contributed by atoms with E-state index in [1.54, 1.807) is 17.0 Å². The fourth-order valence-corrected chi connectivity index (χ4v) is 2.65. The zero-order valence-corrected chi connectivity index (χ0v) is 12.0. The number of likely N-dealkylation sites (tertiary alicyclic amines) is 1. The third kappa shape index (κ3) is 2.90. The highest BCUT2D eigenvalue weighted by atomic mass is 19.1. The van der Waals surface area contributed by atoms with Gasteiger partial charge in [-0.15, -0.1) is 0 Å². The molecule has 1 aromatic heterocycles. The molecule has 2 aromatic rings. The quantitative estimate of drug-likeness (QED) is 0.818. The van der Waals surface area contributed by atoms with Gasteiger partial charge in [0.25, 0.3) is 0 Å². The standard InChI is InChI=1S/C16H16FN3O2/c1-2-14(21)20-8-4-6-12(10-20)16-18-15(19-22-16)11-5-3-7-13(17)9-11/h2-3,5,7,9,12H,1,4,6,8,10H2/t12-/m1/s1. The molecule has 0 bridgehead atoms. The molecule has 1 aliphatic rings. The van der Waals surface area contributed by atoms with Crippen LogP contribution >= 0.6 is 0 Å². The van der Waals surface area contributed by atoms with Gasteiger partial charge in [-0.3, -0.25) is 4.79 Å². The minimum atomic E-state index is -0.343. The summed E-state index contributed by atoms with van der Waals surface area (Å²) >= 11 is 0. The van der Waals surface area contributed by atoms with Crippen molar-refractivity contribution in [3.8, 4) is 11.4 Å². The molecule has 1 fully saturated rings. The highest BCUT2D eigenvalue weighted by molar-refractivity contribution is 5.87. The van der Waals surface area contributed by atoms with Crippen molar-refractivity contribution in [2.75, 3.05) is 13.1 Å². The SMILES string of the molecule is C=CC(=O)N1CCC[C@@H](c2nc(-c3cccc(F)c3)no2)C1. The Hall–Kier alpha value is -2.50. The van der Waals surface area contributed by atoms with Crippen LogP contribution in [0.25, 0.3) is 11.4 Å². The molecule has 1 atom stereocenters. The summed E-state index contributed by atoms with van der Waals surface area (Å²) in [5.41, 5.74) is 0.574. The van der Waals surface area contributed by atoms with Crippen LogP contribution in [0.15, 0.2) is 41.4 Å². The second-order valence-corrected chi connectivity index (χ2v) is 5.29. The van der Waals surface area contributed by atoms with Crippen molar-refractivity contribution < 1.29 is 13.7 Å². The van der Waals surface area contributed by atoms with E-state index in [0.29, 0.717) is 30.4 Å². The van der Waals surface area contributed by atoms with Gasteiger partial charge in [0, 0.05) is 18.7 Å². The van der Waals surface area contributed by atoms with Gasteiger partial charge in [-0.25, -0.2) is 4.39 Å².